The summed E-state index contributed by atoms with van der Waals surface area (Å²) in [5.41, 5.74) is 6.54. The number of nitrogen functional groups attached to an aromatic ring is 1. The van der Waals surface area contributed by atoms with Crippen LogP contribution < -0.4 is 5.73 Å². The van der Waals surface area contributed by atoms with E-state index in [4.69, 9.17) is 11.0 Å². The Hall–Kier alpha value is -1.60. The third-order valence-electron chi connectivity index (χ3n) is 2.19. The van der Waals surface area contributed by atoms with Crippen molar-refractivity contribution >= 4 is 26.4 Å². The summed E-state index contributed by atoms with van der Waals surface area (Å²) in [4.78, 5) is 0. The minimum Gasteiger partial charge on any atom is -0.389 e. The lowest BCUT2D eigenvalue weighted by atomic mass is 10.1. The van der Waals surface area contributed by atoms with Gasteiger partial charge in [0, 0.05) is 10.1 Å². The highest BCUT2D eigenvalue weighted by molar-refractivity contribution is 7.23. The zero-order chi connectivity index (χ0) is 12.3. The standard InChI is InChI=1S/C10H7FN2S.C2H6/c1-5-7(11)2-3-8-9(5)6(4-12)10(13)14-8;1-2/h2-3H,13H2,1H3;1-2H3. The van der Waals surface area contributed by atoms with Gasteiger partial charge in [-0.1, -0.05) is 13.8 Å². The van der Waals surface area contributed by atoms with Gasteiger partial charge in [-0.2, -0.15) is 5.26 Å². The average Bonchev–Trinajstić information content (AvgIpc) is 2.63. The Labute approximate surface area is 98.1 Å². The number of nitriles is 1. The number of anilines is 1. The van der Waals surface area contributed by atoms with Crippen LogP contribution in [0.25, 0.3) is 10.1 Å². The first-order valence-electron chi connectivity index (χ1n) is 5.02. The number of aryl methyl sites for hydroxylation is 1. The van der Waals surface area contributed by atoms with E-state index in [2.05, 4.69) is 0 Å². The van der Waals surface area contributed by atoms with Gasteiger partial charge >= 0.3 is 0 Å². The van der Waals surface area contributed by atoms with Crippen molar-refractivity contribution in [3.8, 4) is 6.07 Å². The van der Waals surface area contributed by atoms with Crippen LogP contribution in [0.1, 0.15) is 25.0 Å². The first-order valence-corrected chi connectivity index (χ1v) is 5.84. The minimum atomic E-state index is -0.299. The second-order valence-corrected chi connectivity index (χ2v) is 4.08. The molecule has 2 nitrogen and oxygen atoms in total. The van der Waals surface area contributed by atoms with Gasteiger partial charge in [-0.25, -0.2) is 4.39 Å². The molecule has 2 N–H and O–H groups in total. The Balaban J connectivity index is 0.000000606. The van der Waals surface area contributed by atoms with Crippen LogP contribution in [0.5, 0.6) is 0 Å². The summed E-state index contributed by atoms with van der Waals surface area (Å²) in [6, 6.07) is 5.05. The largest absolute Gasteiger partial charge is 0.389 e. The number of rotatable bonds is 0. The van der Waals surface area contributed by atoms with Crippen molar-refractivity contribution in [1.29, 1.82) is 5.26 Å². The molecule has 0 unspecified atom stereocenters. The predicted molar refractivity (Wildman–Crippen MR) is 67.0 cm³/mol. The first-order chi connectivity index (χ1) is 7.65. The molecule has 0 atom stereocenters. The molecule has 2 rings (SSSR count). The molecule has 16 heavy (non-hydrogen) atoms. The lowest BCUT2D eigenvalue weighted by molar-refractivity contribution is 0.621. The van der Waals surface area contributed by atoms with Gasteiger partial charge in [0.05, 0.1) is 5.56 Å². The van der Waals surface area contributed by atoms with E-state index in [0.29, 0.717) is 21.5 Å². The van der Waals surface area contributed by atoms with Crippen LogP contribution in [-0.2, 0) is 0 Å². The summed E-state index contributed by atoms with van der Waals surface area (Å²) in [5.74, 6) is -0.299. The zero-order valence-electron chi connectivity index (χ0n) is 9.47. The van der Waals surface area contributed by atoms with E-state index in [1.54, 1.807) is 13.0 Å². The van der Waals surface area contributed by atoms with Crippen LogP contribution in [0, 0.1) is 24.1 Å². The van der Waals surface area contributed by atoms with Gasteiger partial charge in [0.2, 0.25) is 0 Å². The highest BCUT2D eigenvalue weighted by Crippen LogP contribution is 2.35. The van der Waals surface area contributed by atoms with Gasteiger partial charge in [-0.15, -0.1) is 11.3 Å². The fourth-order valence-electron chi connectivity index (χ4n) is 1.46. The number of hydrogen-bond acceptors (Lipinski definition) is 3. The molecule has 1 aromatic heterocycles. The average molecular weight is 236 g/mol. The maximum atomic E-state index is 13.2. The maximum absolute atomic E-state index is 13.2. The number of hydrogen-bond donors (Lipinski definition) is 1. The van der Waals surface area contributed by atoms with Crippen molar-refractivity contribution in [2.24, 2.45) is 0 Å². The van der Waals surface area contributed by atoms with Crippen LogP contribution in [0.15, 0.2) is 12.1 Å². The van der Waals surface area contributed by atoms with E-state index in [-0.39, 0.29) is 5.82 Å². The molecule has 4 heteroatoms. The topological polar surface area (TPSA) is 49.8 Å². The van der Waals surface area contributed by atoms with Crippen molar-refractivity contribution in [1.82, 2.24) is 0 Å². The summed E-state index contributed by atoms with van der Waals surface area (Å²) >= 11 is 1.31. The molecule has 0 amide bonds. The van der Waals surface area contributed by atoms with Crippen molar-refractivity contribution in [2.45, 2.75) is 20.8 Å². The SMILES string of the molecule is CC.Cc1c(F)ccc2sc(N)c(C#N)c12. The van der Waals surface area contributed by atoms with Crippen molar-refractivity contribution in [2.75, 3.05) is 5.73 Å². The van der Waals surface area contributed by atoms with E-state index in [1.165, 1.54) is 17.4 Å². The minimum absolute atomic E-state index is 0.299. The highest BCUT2D eigenvalue weighted by Gasteiger charge is 2.13. The van der Waals surface area contributed by atoms with E-state index in [1.807, 2.05) is 19.9 Å². The van der Waals surface area contributed by atoms with Crippen LogP contribution in [0.3, 0.4) is 0 Å². The Morgan fingerprint density at radius 1 is 1.38 bits per heavy atom. The molecule has 0 saturated carbocycles. The molecule has 0 bridgehead atoms. The lowest BCUT2D eigenvalue weighted by Crippen LogP contribution is -1.86. The molecule has 1 heterocycles. The molecule has 0 fully saturated rings. The molecule has 0 aliphatic heterocycles. The molecule has 0 spiro atoms. The second-order valence-electron chi connectivity index (χ2n) is 3.00. The third-order valence-corrected chi connectivity index (χ3v) is 3.17. The number of nitrogens with two attached hydrogens (primary N) is 1. The van der Waals surface area contributed by atoms with Crippen LogP contribution in [-0.4, -0.2) is 0 Å². The quantitative estimate of drug-likeness (QED) is 0.755. The summed E-state index contributed by atoms with van der Waals surface area (Å²) in [7, 11) is 0. The van der Waals surface area contributed by atoms with Gasteiger partial charge in [0.1, 0.15) is 16.9 Å². The molecular formula is C12H13FN2S. The molecule has 0 saturated heterocycles. The number of nitrogens with zero attached hydrogens (tertiary/aromatic N) is 1. The number of thiophene rings is 1. The highest BCUT2D eigenvalue weighted by atomic mass is 32.1. The Morgan fingerprint density at radius 2 is 2.00 bits per heavy atom. The first kappa shape index (κ1) is 12.5. The molecule has 1 aromatic carbocycles. The Morgan fingerprint density at radius 3 is 2.56 bits per heavy atom. The van der Waals surface area contributed by atoms with Gasteiger partial charge in [0.25, 0.3) is 0 Å². The number of halogens is 1. The third kappa shape index (κ3) is 1.86. The van der Waals surface area contributed by atoms with Gasteiger partial charge in [0.15, 0.2) is 0 Å². The molecule has 0 aliphatic carbocycles. The summed E-state index contributed by atoms with van der Waals surface area (Å²) in [5, 5.41) is 9.98. The fourth-order valence-corrected chi connectivity index (χ4v) is 2.44. The molecule has 0 radical (unpaired) electrons. The smallest absolute Gasteiger partial charge is 0.126 e. The van der Waals surface area contributed by atoms with Gasteiger partial charge < -0.3 is 5.73 Å². The summed E-state index contributed by atoms with van der Waals surface area (Å²) in [6.07, 6.45) is 0. The van der Waals surface area contributed by atoms with E-state index in [0.717, 1.165) is 4.70 Å². The normalized spacial score (nSPS) is 9.44. The van der Waals surface area contributed by atoms with Crippen LogP contribution in [0.2, 0.25) is 0 Å². The van der Waals surface area contributed by atoms with Crippen molar-refractivity contribution in [3.63, 3.8) is 0 Å². The number of benzene rings is 1. The summed E-state index contributed by atoms with van der Waals surface area (Å²) in [6.45, 7) is 5.66. The second kappa shape index (κ2) is 4.95. The Kier molecular flexibility index (Phi) is 3.86. The fraction of sp³-hybridized carbons (Fsp3) is 0.250. The van der Waals surface area contributed by atoms with Crippen LogP contribution in [0.4, 0.5) is 9.39 Å². The molecule has 84 valence electrons. The summed E-state index contributed by atoms with van der Waals surface area (Å²) < 4.78 is 14.1. The number of fused-ring (bicyclic) bond motifs is 1. The molecule has 2 aromatic rings. The van der Waals surface area contributed by atoms with Crippen molar-refractivity contribution < 1.29 is 4.39 Å². The van der Waals surface area contributed by atoms with E-state index >= 15 is 0 Å². The van der Waals surface area contributed by atoms with E-state index in [9.17, 15) is 4.39 Å². The maximum Gasteiger partial charge on any atom is 0.126 e. The molecular weight excluding hydrogens is 223 g/mol. The van der Waals surface area contributed by atoms with Gasteiger partial charge in [-0.05, 0) is 24.6 Å². The van der Waals surface area contributed by atoms with Crippen molar-refractivity contribution in [3.05, 3.63) is 29.1 Å². The molecule has 0 aliphatic rings. The Bertz CT molecular complexity index is 552. The monoisotopic (exact) mass is 236 g/mol. The zero-order valence-corrected chi connectivity index (χ0v) is 10.3. The lowest BCUT2D eigenvalue weighted by Gasteiger charge is -1.97. The van der Waals surface area contributed by atoms with Crippen LogP contribution >= 0.6 is 11.3 Å². The predicted octanol–water partition coefficient (Wildman–Crippen LogP) is 3.83. The van der Waals surface area contributed by atoms with E-state index < -0.39 is 0 Å². The van der Waals surface area contributed by atoms with Gasteiger partial charge in [-0.3, -0.25) is 0 Å².